The predicted octanol–water partition coefficient (Wildman–Crippen LogP) is 2.30. The van der Waals surface area contributed by atoms with Gasteiger partial charge in [0.15, 0.2) is 0 Å². The van der Waals surface area contributed by atoms with Gasteiger partial charge in [-0.3, -0.25) is 0 Å². The van der Waals surface area contributed by atoms with Crippen LogP contribution in [-0.4, -0.2) is 4.37 Å². The van der Waals surface area contributed by atoms with Crippen molar-refractivity contribution in [2.45, 2.75) is 6.61 Å². The summed E-state index contributed by atoms with van der Waals surface area (Å²) >= 11 is 1.29. The van der Waals surface area contributed by atoms with Gasteiger partial charge in [0.2, 0.25) is 0 Å². The predicted molar refractivity (Wildman–Crippen MR) is 57.3 cm³/mol. The monoisotopic (exact) mass is 206 g/mol. The summed E-state index contributed by atoms with van der Waals surface area (Å²) in [5.74, 6) is 0.845. The van der Waals surface area contributed by atoms with Crippen LogP contribution in [0.25, 0.3) is 0 Å². The maximum atomic E-state index is 5.68. The van der Waals surface area contributed by atoms with Crippen LogP contribution >= 0.6 is 11.5 Å². The van der Waals surface area contributed by atoms with Gasteiger partial charge in [0.25, 0.3) is 0 Å². The van der Waals surface area contributed by atoms with E-state index in [1.165, 1.54) is 11.5 Å². The molecule has 0 fully saturated rings. The molecule has 72 valence electrons. The van der Waals surface area contributed by atoms with Crippen molar-refractivity contribution in [2.24, 2.45) is 0 Å². The highest BCUT2D eigenvalue weighted by atomic mass is 32.1. The number of hydrogen-bond acceptors (Lipinski definition) is 4. The molecule has 2 aromatic rings. The number of anilines is 1. The van der Waals surface area contributed by atoms with E-state index in [0.29, 0.717) is 6.61 Å². The molecule has 0 saturated heterocycles. The van der Waals surface area contributed by atoms with Crippen molar-refractivity contribution in [2.75, 3.05) is 5.73 Å². The highest BCUT2D eigenvalue weighted by Crippen LogP contribution is 2.18. The van der Waals surface area contributed by atoms with Crippen molar-refractivity contribution < 1.29 is 4.74 Å². The van der Waals surface area contributed by atoms with E-state index >= 15 is 0 Å². The Morgan fingerprint density at radius 2 is 2.07 bits per heavy atom. The summed E-state index contributed by atoms with van der Waals surface area (Å²) in [6, 6.07) is 9.65. The average Bonchev–Trinajstić information content (AvgIpc) is 2.63. The van der Waals surface area contributed by atoms with E-state index in [0.717, 1.165) is 16.3 Å². The normalized spacial score (nSPS) is 10.0. The number of rotatable bonds is 3. The minimum atomic E-state index is 0.479. The van der Waals surface area contributed by atoms with Gasteiger partial charge in [0.05, 0.1) is 0 Å². The molecule has 0 spiro atoms. The summed E-state index contributed by atoms with van der Waals surface area (Å²) in [5.41, 5.74) is 6.62. The fraction of sp³-hybridized carbons (Fsp3) is 0.100. The zero-order chi connectivity index (χ0) is 9.80. The highest BCUT2D eigenvalue weighted by Gasteiger charge is 2.01. The van der Waals surface area contributed by atoms with Crippen molar-refractivity contribution in [3.8, 4) is 5.75 Å². The SMILES string of the molecule is Nc1sncc1COc1ccccc1. The number of nitrogen functional groups attached to an aromatic ring is 1. The third-order valence-electron chi connectivity index (χ3n) is 1.81. The lowest BCUT2D eigenvalue weighted by Crippen LogP contribution is -1.96. The first-order valence-corrected chi connectivity index (χ1v) is 5.00. The second kappa shape index (κ2) is 4.11. The van der Waals surface area contributed by atoms with Gasteiger partial charge in [-0.2, -0.15) is 4.37 Å². The Balaban J connectivity index is 1.99. The molecule has 0 atom stereocenters. The maximum absolute atomic E-state index is 5.68. The van der Waals surface area contributed by atoms with Gasteiger partial charge < -0.3 is 10.5 Å². The fourth-order valence-corrected chi connectivity index (χ4v) is 1.58. The Hall–Kier alpha value is -1.55. The Morgan fingerprint density at radius 1 is 1.29 bits per heavy atom. The molecule has 0 bridgehead atoms. The fourth-order valence-electron chi connectivity index (χ4n) is 1.06. The Labute approximate surface area is 86.3 Å². The number of nitrogens with zero attached hydrogens (tertiary/aromatic N) is 1. The summed E-state index contributed by atoms with van der Waals surface area (Å²) in [7, 11) is 0. The molecule has 1 heterocycles. The molecular weight excluding hydrogens is 196 g/mol. The topological polar surface area (TPSA) is 48.1 Å². The molecular formula is C10H10N2OS. The second-order valence-corrected chi connectivity index (χ2v) is 3.65. The first kappa shape index (κ1) is 9.02. The van der Waals surface area contributed by atoms with Gasteiger partial charge in [-0.25, -0.2) is 0 Å². The molecule has 0 amide bonds. The molecule has 14 heavy (non-hydrogen) atoms. The van der Waals surface area contributed by atoms with E-state index in [9.17, 15) is 0 Å². The van der Waals surface area contributed by atoms with Gasteiger partial charge >= 0.3 is 0 Å². The lowest BCUT2D eigenvalue weighted by atomic mass is 10.3. The highest BCUT2D eigenvalue weighted by molar-refractivity contribution is 7.10. The lowest BCUT2D eigenvalue weighted by Gasteiger charge is -2.03. The minimum Gasteiger partial charge on any atom is -0.489 e. The molecule has 0 aliphatic heterocycles. The summed E-state index contributed by atoms with van der Waals surface area (Å²) in [4.78, 5) is 0. The smallest absolute Gasteiger partial charge is 0.119 e. The van der Waals surface area contributed by atoms with Crippen LogP contribution in [0.2, 0.25) is 0 Å². The summed E-state index contributed by atoms with van der Waals surface area (Å²) in [5, 5.41) is 0.723. The quantitative estimate of drug-likeness (QED) is 0.838. The Bertz CT molecular complexity index is 400. The number of benzene rings is 1. The van der Waals surface area contributed by atoms with Gasteiger partial charge in [-0.15, -0.1) is 0 Å². The zero-order valence-electron chi connectivity index (χ0n) is 7.51. The number of ether oxygens (including phenoxy) is 1. The van der Waals surface area contributed by atoms with E-state index in [1.54, 1.807) is 6.20 Å². The van der Waals surface area contributed by atoms with Crippen molar-refractivity contribution in [1.29, 1.82) is 0 Å². The Morgan fingerprint density at radius 3 is 2.71 bits per heavy atom. The Kier molecular flexibility index (Phi) is 2.65. The average molecular weight is 206 g/mol. The van der Waals surface area contributed by atoms with Crippen LogP contribution in [0, 0.1) is 0 Å². The van der Waals surface area contributed by atoms with Crippen LogP contribution in [0.4, 0.5) is 5.00 Å². The maximum Gasteiger partial charge on any atom is 0.119 e. The van der Waals surface area contributed by atoms with Crippen molar-refractivity contribution in [3.63, 3.8) is 0 Å². The molecule has 3 nitrogen and oxygen atoms in total. The molecule has 1 aromatic heterocycles. The van der Waals surface area contributed by atoms with E-state index in [2.05, 4.69) is 4.37 Å². The lowest BCUT2D eigenvalue weighted by molar-refractivity contribution is 0.307. The molecule has 0 aliphatic carbocycles. The van der Waals surface area contributed by atoms with Crippen LogP contribution < -0.4 is 10.5 Å². The van der Waals surface area contributed by atoms with E-state index in [-0.39, 0.29) is 0 Å². The van der Waals surface area contributed by atoms with Gasteiger partial charge in [-0.1, -0.05) is 18.2 Å². The van der Waals surface area contributed by atoms with Crippen LogP contribution in [0.1, 0.15) is 5.56 Å². The van der Waals surface area contributed by atoms with Gasteiger partial charge in [-0.05, 0) is 23.7 Å². The third kappa shape index (κ3) is 2.03. The number of para-hydroxylation sites is 1. The molecule has 2 N–H and O–H groups in total. The minimum absolute atomic E-state index is 0.479. The molecule has 0 unspecified atom stereocenters. The van der Waals surface area contributed by atoms with Crippen LogP contribution in [0.15, 0.2) is 36.5 Å². The van der Waals surface area contributed by atoms with E-state index in [1.807, 2.05) is 30.3 Å². The molecule has 0 aliphatic rings. The summed E-state index contributed by atoms with van der Waals surface area (Å²) in [6.07, 6.45) is 1.74. The standard InChI is InChI=1S/C10H10N2OS/c11-10-8(6-12-14-10)7-13-9-4-2-1-3-5-9/h1-6H,7,11H2. The van der Waals surface area contributed by atoms with Crippen molar-refractivity contribution >= 4 is 16.5 Å². The van der Waals surface area contributed by atoms with Crippen LogP contribution in [0.3, 0.4) is 0 Å². The second-order valence-electron chi connectivity index (χ2n) is 2.82. The number of nitrogens with two attached hydrogens (primary N) is 1. The third-order valence-corrected chi connectivity index (χ3v) is 2.48. The zero-order valence-corrected chi connectivity index (χ0v) is 8.33. The van der Waals surface area contributed by atoms with Crippen molar-refractivity contribution in [3.05, 3.63) is 42.1 Å². The van der Waals surface area contributed by atoms with Gasteiger partial charge in [0.1, 0.15) is 17.4 Å². The van der Waals surface area contributed by atoms with Crippen molar-refractivity contribution in [1.82, 2.24) is 4.37 Å². The molecule has 1 aromatic carbocycles. The first-order valence-electron chi connectivity index (χ1n) is 4.23. The number of hydrogen-bond donors (Lipinski definition) is 1. The number of aromatic nitrogens is 1. The molecule has 4 heteroatoms. The largest absolute Gasteiger partial charge is 0.489 e. The molecule has 0 saturated carbocycles. The van der Waals surface area contributed by atoms with Gasteiger partial charge in [0, 0.05) is 11.8 Å². The van der Waals surface area contributed by atoms with E-state index in [4.69, 9.17) is 10.5 Å². The summed E-state index contributed by atoms with van der Waals surface area (Å²) < 4.78 is 9.49. The van der Waals surface area contributed by atoms with Crippen LogP contribution in [-0.2, 0) is 6.61 Å². The molecule has 0 radical (unpaired) electrons. The summed E-state index contributed by atoms with van der Waals surface area (Å²) in [6.45, 7) is 0.479. The molecule has 2 rings (SSSR count). The van der Waals surface area contributed by atoms with E-state index < -0.39 is 0 Å². The van der Waals surface area contributed by atoms with Crippen LogP contribution in [0.5, 0.6) is 5.75 Å². The first-order chi connectivity index (χ1) is 6.86.